The summed E-state index contributed by atoms with van der Waals surface area (Å²) >= 11 is 0. The highest BCUT2D eigenvalue weighted by molar-refractivity contribution is 5.94. The van der Waals surface area contributed by atoms with Crippen LogP contribution in [0.2, 0.25) is 0 Å². The second-order valence-electron chi connectivity index (χ2n) is 6.86. The molecule has 3 rings (SSSR count). The molecule has 1 aromatic rings. The van der Waals surface area contributed by atoms with Crippen molar-refractivity contribution in [1.82, 2.24) is 14.8 Å². The van der Waals surface area contributed by atoms with Crippen molar-refractivity contribution in [2.24, 2.45) is 11.8 Å². The Hall–Kier alpha value is -1.42. The summed E-state index contributed by atoms with van der Waals surface area (Å²) in [6.07, 6.45) is 6.89. The van der Waals surface area contributed by atoms with Crippen LogP contribution in [-0.4, -0.2) is 47.9 Å². The molecule has 4 nitrogen and oxygen atoms in total. The molecule has 0 radical (unpaired) electrons. The third-order valence-electron chi connectivity index (χ3n) is 4.53. The van der Waals surface area contributed by atoms with E-state index < -0.39 is 0 Å². The highest BCUT2D eigenvalue weighted by atomic mass is 16.2. The predicted molar refractivity (Wildman–Crippen MR) is 83.0 cm³/mol. The van der Waals surface area contributed by atoms with E-state index in [-0.39, 0.29) is 5.91 Å². The zero-order valence-corrected chi connectivity index (χ0v) is 13.2. The first-order valence-electron chi connectivity index (χ1n) is 7.93. The number of aromatic nitrogens is 1. The van der Waals surface area contributed by atoms with Gasteiger partial charge < -0.3 is 9.80 Å². The number of pyridine rings is 1. The Kier molecular flexibility index (Phi) is 3.98. The lowest BCUT2D eigenvalue weighted by Crippen LogP contribution is -2.40. The van der Waals surface area contributed by atoms with Gasteiger partial charge in [-0.25, -0.2) is 0 Å². The van der Waals surface area contributed by atoms with Gasteiger partial charge in [-0.05, 0) is 63.7 Å². The molecule has 2 aliphatic rings. The number of carbonyl (C=O) groups excluding carboxylic acids is 1. The molecule has 4 heteroatoms. The van der Waals surface area contributed by atoms with Crippen molar-refractivity contribution < 1.29 is 4.79 Å². The minimum Gasteiger partial charge on any atom is -0.338 e. The van der Waals surface area contributed by atoms with E-state index in [9.17, 15) is 4.79 Å². The lowest BCUT2D eigenvalue weighted by atomic mass is 10.0. The first kappa shape index (κ1) is 14.5. The minimum absolute atomic E-state index is 0.128. The summed E-state index contributed by atoms with van der Waals surface area (Å²) in [5.41, 5.74) is 1.71. The van der Waals surface area contributed by atoms with Crippen LogP contribution in [0.4, 0.5) is 0 Å². The van der Waals surface area contributed by atoms with Crippen LogP contribution in [0.3, 0.4) is 0 Å². The lowest BCUT2D eigenvalue weighted by molar-refractivity contribution is 0.0689. The zero-order chi connectivity index (χ0) is 15.0. The highest BCUT2D eigenvalue weighted by Crippen LogP contribution is 2.47. The number of amides is 1. The van der Waals surface area contributed by atoms with Crippen molar-refractivity contribution in [3.05, 3.63) is 29.6 Å². The van der Waals surface area contributed by atoms with Crippen LogP contribution in [-0.2, 0) is 6.54 Å². The van der Waals surface area contributed by atoms with Crippen molar-refractivity contribution in [3.63, 3.8) is 0 Å². The lowest BCUT2D eigenvalue weighted by Gasteiger charge is -2.28. The van der Waals surface area contributed by atoms with Crippen molar-refractivity contribution in [3.8, 4) is 0 Å². The topological polar surface area (TPSA) is 36.4 Å². The van der Waals surface area contributed by atoms with E-state index in [2.05, 4.69) is 9.88 Å². The normalized spacial score (nSPS) is 18.3. The van der Waals surface area contributed by atoms with Crippen molar-refractivity contribution in [2.45, 2.75) is 38.3 Å². The molecule has 1 heterocycles. The van der Waals surface area contributed by atoms with Gasteiger partial charge in [0.15, 0.2) is 0 Å². The van der Waals surface area contributed by atoms with Gasteiger partial charge in [-0.1, -0.05) is 0 Å². The van der Waals surface area contributed by atoms with Crippen LogP contribution in [0, 0.1) is 11.8 Å². The highest BCUT2D eigenvalue weighted by Gasteiger charge is 2.45. The smallest absolute Gasteiger partial charge is 0.255 e. The van der Waals surface area contributed by atoms with E-state index in [1.807, 2.05) is 38.2 Å². The molecule has 0 aliphatic heterocycles. The van der Waals surface area contributed by atoms with Crippen molar-refractivity contribution in [2.75, 3.05) is 21.1 Å². The Labute approximate surface area is 127 Å². The summed E-state index contributed by atoms with van der Waals surface area (Å²) in [7, 11) is 6.01. The molecule has 0 N–H and O–H groups in total. The SMILES string of the molecule is CN(C)Cc1ccc(C(=O)N(C)C(C2CC2)C2CC2)cn1. The van der Waals surface area contributed by atoms with E-state index in [0.717, 1.165) is 24.1 Å². The average Bonchev–Trinajstić information content (AvgIpc) is 3.33. The van der Waals surface area contributed by atoms with E-state index in [1.165, 1.54) is 25.7 Å². The summed E-state index contributed by atoms with van der Waals surface area (Å²) in [6, 6.07) is 4.34. The molecule has 0 saturated heterocycles. The second-order valence-corrected chi connectivity index (χ2v) is 6.86. The van der Waals surface area contributed by atoms with Crippen molar-refractivity contribution >= 4 is 5.91 Å². The Morgan fingerprint density at radius 2 is 1.81 bits per heavy atom. The fourth-order valence-corrected chi connectivity index (χ4v) is 3.20. The minimum atomic E-state index is 0.128. The molecule has 0 spiro atoms. The second kappa shape index (κ2) is 5.76. The predicted octanol–water partition coefficient (Wildman–Crippen LogP) is 2.40. The Balaban J connectivity index is 1.68. The molecule has 0 aromatic carbocycles. The first-order chi connectivity index (χ1) is 10.1. The van der Waals surface area contributed by atoms with Gasteiger partial charge in [0.1, 0.15) is 0 Å². The average molecular weight is 287 g/mol. The number of hydrogen-bond donors (Lipinski definition) is 0. The molecule has 0 bridgehead atoms. The molecule has 2 saturated carbocycles. The van der Waals surface area contributed by atoms with Crippen LogP contribution in [0.25, 0.3) is 0 Å². The molecule has 0 unspecified atom stereocenters. The van der Waals surface area contributed by atoms with Gasteiger partial charge in [0, 0.05) is 25.8 Å². The summed E-state index contributed by atoms with van der Waals surface area (Å²) in [5.74, 6) is 1.61. The van der Waals surface area contributed by atoms with Crippen LogP contribution in [0.5, 0.6) is 0 Å². The monoisotopic (exact) mass is 287 g/mol. The molecule has 114 valence electrons. The Morgan fingerprint density at radius 1 is 1.19 bits per heavy atom. The van der Waals surface area contributed by atoms with Crippen molar-refractivity contribution in [1.29, 1.82) is 0 Å². The molecular weight excluding hydrogens is 262 g/mol. The van der Waals surface area contributed by atoms with E-state index >= 15 is 0 Å². The van der Waals surface area contributed by atoms with Gasteiger partial charge in [-0.15, -0.1) is 0 Å². The van der Waals surface area contributed by atoms with Crippen LogP contribution < -0.4 is 0 Å². The van der Waals surface area contributed by atoms with Gasteiger partial charge >= 0.3 is 0 Å². The van der Waals surface area contributed by atoms with Crippen LogP contribution in [0.15, 0.2) is 18.3 Å². The number of nitrogens with zero attached hydrogens (tertiary/aromatic N) is 3. The fourth-order valence-electron chi connectivity index (χ4n) is 3.20. The Bertz CT molecular complexity index is 491. The number of hydrogen-bond acceptors (Lipinski definition) is 3. The third kappa shape index (κ3) is 3.43. The Morgan fingerprint density at radius 3 is 2.24 bits per heavy atom. The maximum absolute atomic E-state index is 12.7. The molecule has 2 fully saturated rings. The first-order valence-corrected chi connectivity index (χ1v) is 7.93. The summed E-state index contributed by atoms with van der Waals surface area (Å²) in [4.78, 5) is 21.1. The summed E-state index contributed by atoms with van der Waals surface area (Å²) in [5, 5.41) is 0. The molecule has 2 aliphatic carbocycles. The quantitative estimate of drug-likeness (QED) is 0.806. The maximum atomic E-state index is 12.7. The number of carbonyl (C=O) groups is 1. The van der Waals surface area contributed by atoms with Gasteiger partial charge in [-0.3, -0.25) is 9.78 Å². The molecule has 0 atom stereocenters. The van der Waals surface area contributed by atoms with Crippen LogP contribution >= 0.6 is 0 Å². The maximum Gasteiger partial charge on any atom is 0.255 e. The van der Waals surface area contributed by atoms with Gasteiger partial charge in [0.25, 0.3) is 5.91 Å². The van der Waals surface area contributed by atoms with Crippen LogP contribution in [0.1, 0.15) is 41.7 Å². The van der Waals surface area contributed by atoms with E-state index in [4.69, 9.17) is 0 Å². The number of rotatable bonds is 6. The van der Waals surface area contributed by atoms with E-state index in [0.29, 0.717) is 11.6 Å². The summed E-state index contributed by atoms with van der Waals surface area (Å²) < 4.78 is 0. The summed E-state index contributed by atoms with van der Waals surface area (Å²) in [6.45, 7) is 0.803. The third-order valence-corrected chi connectivity index (χ3v) is 4.53. The molecule has 1 amide bonds. The van der Waals surface area contributed by atoms with Gasteiger partial charge in [0.2, 0.25) is 0 Å². The molecular formula is C17H25N3O. The van der Waals surface area contributed by atoms with Gasteiger partial charge in [0.05, 0.1) is 11.3 Å². The zero-order valence-electron chi connectivity index (χ0n) is 13.2. The fraction of sp³-hybridized carbons (Fsp3) is 0.647. The molecule has 1 aromatic heterocycles. The largest absolute Gasteiger partial charge is 0.338 e. The standard InChI is InChI=1S/C17H25N3O/c1-19(2)11-15-9-8-14(10-18-15)17(21)20(3)16(12-4-5-12)13-6-7-13/h8-10,12-13,16H,4-7,11H2,1-3H3. The van der Waals surface area contributed by atoms with E-state index in [1.54, 1.807) is 6.20 Å². The molecule has 21 heavy (non-hydrogen) atoms. The van der Waals surface area contributed by atoms with Gasteiger partial charge in [-0.2, -0.15) is 0 Å².